The van der Waals surface area contributed by atoms with Gasteiger partial charge in [0.1, 0.15) is 11.3 Å². The van der Waals surface area contributed by atoms with Gasteiger partial charge in [0.15, 0.2) is 11.8 Å². The van der Waals surface area contributed by atoms with E-state index in [-0.39, 0.29) is 16.5 Å². The number of nitrogens with one attached hydrogen (secondary N) is 1. The number of hydrogen-bond acceptors (Lipinski definition) is 5. The summed E-state index contributed by atoms with van der Waals surface area (Å²) in [4.78, 5) is 27.4. The summed E-state index contributed by atoms with van der Waals surface area (Å²) in [6.45, 7) is 1.15. The molecule has 0 spiro atoms. The van der Waals surface area contributed by atoms with Crippen LogP contribution in [0.2, 0.25) is 5.15 Å². The minimum atomic E-state index is -0.784. The fourth-order valence-corrected chi connectivity index (χ4v) is 1.86. The van der Waals surface area contributed by atoms with E-state index in [0.717, 1.165) is 0 Å². The molecule has 0 aliphatic rings. The van der Waals surface area contributed by atoms with Crippen LogP contribution in [-0.2, 0) is 9.53 Å². The van der Waals surface area contributed by atoms with Crippen molar-refractivity contribution in [1.29, 1.82) is 0 Å². The van der Waals surface area contributed by atoms with Crippen molar-refractivity contribution in [2.24, 2.45) is 0 Å². The van der Waals surface area contributed by atoms with E-state index in [9.17, 15) is 14.7 Å². The molecule has 1 aromatic heterocycles. The van der Waals surface area contributed by atoms with E-state index in [4.69, 9.17) is 16.3 Å². The Morgan fingerprint density at radius 1 is 1.32 bits per heavy atom. The van der Waals surface area contributed by atoms with Gasteiger partial charge in [-0.25, -0.2) is 9.78 Å². The second kappa shape index (κ2) is 6.91. The molecule has 6 nitrogen and oxygen atoms in total. The van der Waals surface area contributed by atoms with Crippen LogP contribution in [0.3, 0.4) is 0 Å². The Morgan fingerprint density at radius 2 is 2.09 bits per heavy atom. The van der Waals surface area contributed by atoms with E-state index >= 15 is 0 Å². The number of amides is 1. The van der Waals surface area contributed by atoms with Gasteiger partial charge in [-0.1, -0.05) is 23.7 Å². The Morgan fingerprint density at radius 3 is 2.82 bits per heavy atom. The molecule has 1 aromatic carbocycles. The molecule has 22 heavy (non-hydrogen) atoms. The molecule has 0 radical (unpaired) electrons. The van der Waals surface area contributed by atoms with Crippen LogP contribution in [-0.4, -0.2) is 28.6 Å². The molecule has 0 bridgehead atoms. The largest absolute Gasteiger partial charge is 0.507 e. The molecule has 0 aliphatic carbocycles. The Labute approximate surface area is 131 Å². The van der Waals surface area contributed by atoms with Crippen LogP contribution in [0.15, 0.2) is 36.5 Å². The van der Waals surface area contributed by atoms with Gasteiger partial charge in [0.05, 0.1) is 5.69 Å². The first-order valence-electron chi connectivity index (χ1n) is 6.35. The lowest BCUT2D eigenvalue weighted by atomic mass is 10.1. The number of ether oxygens (including phenoxy) is 1. The zero-order valence-electron chi connectivity index (χ0n) is 11.7. The first kappa shape index (κ1) is 15.8. The predicted octanol–water partition coefficient (Wildman–Crippen LogP) is 2.54. The van der Waals surface area contributed by atoms with E-state index in [0.29, 0.717) is 11.3 Å². The molecule has 2 rings (SSSR count). The summed E-state index contributed by atoms with van der Waals surface area (Å²) in [5, 5.41) is 12.4. The second-order valence-corrected chi connectivity index (χ2v) is 4.80. The number of aromatic nitrogens is 1. The standard InChI is InChI=1S/C15H13ClN2O4/c1-9-4-2-5-10(13(9)20)15(21)22-8-12(19)18-11-6-3-7-17-14(11)16/h2-7,20H,8H2,1H3,(H,18,19). The third-order valence-corrected chi connectivity index (χ3v) is 3.13. The van der Waals surface area contributed by atoms with Crippen molar-refractivity contribution < 1.29 is 19.4 Å². The number of phenols is 1. The van der Waals surface area contributed by atoms with E-state index in [2.05, 4.69) is 10.3 Å². The van der Waals surface area contributed by atoms with E-state index in [1.54, 1.807) is 31.2 Å². The number of nitrogens with zero attached hydrogens (tertiary/aromatic N) is 1. The molecular weight excluding hydrogens is 308 g/mol. The maximum Gasteiger partial charge on any atom is 0.342 e. The highest BCUT2D eigenvalue weighted by Crippen LogP contribution is 2.22. The van der Waals surface area contributed by atoms with Gasteiger partial charge in [0.2, 0.25) is 0 Å². The zero-order valence-corrected chi connectivity index (χ0v) is 12.4. The molecule has 0 unspecified atom stereocenters. The molecule has 114 valence electrons. The summed E-state index contributed by atoms with van der Waals surface area (Å²) in [7, 11) is 0. The molecule has 0 saturated heterocycles. The van der Waals surface area contributed by atoms with Crippen LogP contribution < -0.4 is 5.32 Å². The van der Waals surface area contributed by atoms with Crippen molar-refractivity contribution in [3.63, 3.8) is 0 Å². The number of phenolic OH excluding ortho intramolecular Hbond substituents is 1. The summed E-state index contributed by atoms with van der Waals surface area (Å²) in [6, 6.07) is 7.87. The molecule has 0 saturated carbocycles. The third-order valence-electron chi connectivity index (χ3n) is 2.83. The maximum absolute atomic E-state index is 11.8. The molecule has 2 aromatic rings. The van der Waals surface area contributed by atoms with Crippen molar-refractivity contribution in [3.05, 3.63) is 52.8 Å². The summed E-state index contributed by atoms with van der Waals surface area (Å²) in [5.74, 6) is -1.51. The Balaban J connectivity index is 1.95. The Hall–Kier alpha value is -2.60. The maximum atomic E-state index is 11.8. The molecule has 1 heterocycles. The third kappa shape index (κ3) is 3.73. The number of hydrogen-bond donors (Lipinski definition) is 2. The summed E-state index contributed by atoms with van der Waals surface area (Å²) in [5.41, 5.74) is 0.872. The summed E-state index contributed by atoms with van der Waals surface area (Å²) < 4.78 is 4.86. The summed E-state index contributed by atoms with van der Waals surface area (Å²) >= 11 is 5.80. The second-order valence-electron chi connectivity index (χ2n) is 4.44. The molecule has 2 N–H and O–H groups in total. The topological polar surface area (TPSA) is 88.5 Å². The number of para-hydroxylation sites is 1. The molecule has 0 atom stereocenters. The number of carbonyl (C=O) groups excluding carboxylic acids is 2. The van der Waals surface area contributed by atoms with Gasteiger partial charge in [0, 0.05) is 6.20 Å². The zero-order chi connectivity index (χ0) is 16.1. The van der Waals surface area contributed by atoms with Crippen LogP contribution in [0.25, 0.3) is 0 Å². The lowest BCUT2D eigenvalue weighted by molar-refractivity contribution is -0.119. The van der Waals surface area contributed by atoms with Crippen LogP contribution in [0.5, 0.6) is 5.75 Å². The SMILES string of the molecule is Cc1cccc(C(=O)OCC(=O)Nc2cccnc2Cl)c1O. The van der Waals surface area contributed by atoms with Gasteiger partial charge < -0.3 is 15.2 Å². The first-order valence-corrected chi connectivity index (χ1v) is 6.73. The van der Waals surface area contributed by atoms with Crippen molar-refractivity contribution in [2.45, 2.75) is 6.92 Å². The van der Waals surface area contributed by atoms with E-state index in [1.807, 2.05) is 0 Å². The fourth-order valence-electron chi connectivity index (χ4n) is 1.70. The highest BCUT2D eigenvalue weighted by Gasteiger charge is 2.16. The van der Waals surface area contributed by atoms with Crippen molar-refractivity contribution >= 4 is 29.2 Å². The monoisotopic (exact) mass is 320 g/mol. The van der Waals surface area contributed by atoms with Crippen LogP contribution >= 0.6 is 11.6 Å². The summed E-state index contributed by atoms with van der Waals surface area (Å²) in [6.07, 6.45) is 1.48. The molecular formula is C15H13ClN2O4. The van der Waals surface area contributed by atoms with Gasteiger partial charge in [-0.2, -0.15) is 0 Å². The van der Waals surface area contributed by atoms with Gasteiger partial charge in [0.25, 0.3) is 5.91 Å². The quantitative estimate of drug-likeness (QED) is 0.667. The Bertz CT molecular complexity index is 718. The van der Waals surface area contributed by atoms with Crippen molar-refractivity contribution in [3.8, 4) is 5.75 Å². The number of pyridine rings is 1. The molecule has 1 amide bonds. The number of anilines is 1. The number of halogens is 1. The average Bonchev–Trinajstić information content (AvgIpc) is 2.50. The number of esters is 1. The smallest absolute Gasteiger partial charge is 0.342 e. The minimum absolute atomic E-state index is 0.00668. The average molecular weight is 321 g/mol. The number of benzene rings is 1. The fraction of sp³-hybridized carbons (Fsp3) is 0.133. The number of aryl methyl sites for hydroxylation is 1. The van der Waals surface area contributed by atoms with Crippen LogP contribution in [0.1, 0.15) is 15.9 Å². The van der Waals surface area contributed by atoms with Gasteiger partial charge in [-0.05, 0) is 30.7 Å². The van der Waals surface area contributed by atoms with Crippen molar-refractivity contribution in [2.75, 3.05) is 11.9 Å². The number of aromatic hydroxyl groups is 1. The highest BCUT2D eigenvalue weighted by atomic mass is 35.5. The lowest BCUT2D eigenvalue weighted by Crippen LogP contribution is -2.21. The number of rotatable bonds is 4. The minimum Gasteiger partial charge on any atom is -0.507 e. The highest BCUT2D eigenvalue weighted by molar-refractivity contribution is 6.32. The first-order chi connectivity index (χ1) is 10.5. The van der Waals surface area contributed by atoms with Crippen LogP contribution in [0, 0.1) is 6.92 Å². The van der Waals surface area contributed by atoms with Gasteiger partial charge in [-0.3, -0.25) is 4.79 Å². The van der Waals surface area contributed by atoms with Gasteiger partial charge >= 0.3 is 5.97 Å². The van der Waals surface area contributed by atoms with E-state index in [1.165, 1.54) is 12.3 Å². The lowest BCUT2D eigenvalue weighted by Gasteiger charge is -2.09. The molecule has 0 aliphatic heterocycles. The number of carbonyl (C=O) groups is 2. The Kier molecular flexibility index (Phi) is 4.95. The van der Waals surface area contributed by atoms with Crippen molar-refractivity contribution in [1.82, 2.24) is 4.98 Å². The van der Waals surface area contributed by atoms with E-state index < -0.39 is 18.5 Å². The van der Waals surface area contributed by atoms with Crippen LogP contribution in [0.4, 0.5) is 5.69 Å². The molecule has 0 fully saturated rings. The molecule has 7 heteroatoms. The predicted molar refractivity (Wildman–Crippen MR) is 81.0 cm³/mol. The normalized spacial score (nSPS) is 10.1. The van der Waals surface area contributed by atoms with Gasteiger partial charge in [-0.15, -0.1) is 0 Å².